The van der Waals surface area contributed by atoms with Crippen LogP contribution in [0.25, 0.3) is 0 Å². The fourth-order valence-electron chi connectivity index (χ4n) is 5.02. The van der Waals surface area contributed by atoms with Crippen LogP contribution in [0, 0.1) is 18.8 Å². The molecule has 1 amide bonds. The van der Waals surface area contributed by atoms with Crippen molar-refractivity contribution in [1.29, 1.82) is 0 Å². The molecule has 0 bridgehead atoms. The first-order valence-corrected chi connectivity index (χ1v) is 15.0. The summed E-state index contributed by atoms with van der Waals surface area (Å²) in [6.07, 6.45) is 2.13. The Morgan fingerprint density at radius 1 is 0.976 bits per heavy atom. The normalized spacial score (nSPS) is 16.8. The van der Waals surface area contributed by atoms with Gasteiger partial charge in [-0.25, -0.2) is 9.59 Å². The molecule has 1 aliphatic heterocycles. The van der Waals surface area contributed by atoms with E-state index in [0.717, 1.165) is 16.0 Å². The number of carbonyl (C=O) groups excluding carboxylic acids is 3. The Labute approximate surface area is 246 Å². The molecule has 1 unspecified atom stereocenters. The van der Waals surface area contributed by atoms with Crippen molar-refractivity contribution in [3.63, 3.8) is 0 Å². The van der Waals surface area contributed by atoms with E-state index in [2.05, 4.69) is 0 Å². The molecule has 2 atom stereocenters. The van der Waals surface area contributed by atoms with Gasteiger partial charge in [-0.2, -0.15) is 0 Å². The van der Waals surface area contributed by atoms with E-state index in [1.54, 1.807) is 49.6 Å². The fraction of sp³-hybridized carbons (Fsp3) is 0.364. The van der Waals surface area contributed by atoms with E-state index in [4.69, 9.17) is 14.2 Å². The highest BCUT2D eigenvalue weighted by Gasteiger charge is 2.40. The third kappa shape index (κ3) is 7.50. The second kappa shape index (κ2) is 13.3. The summed E-state index contributed by atoms with van der Waals surface area (Å²) in [4.78, 5) is 41.8. The Morgan fingerprint density at radius 3 is 2.32 bits per heavy atom. The summed E-state index contributed by atoms with van der Waals surface area (Å²) in [5.74, 6) is 0.168. The summed E-state index contributed by atoms with van der Waals surface area (Å²) < 4.78 is 16.8. The maximum atomic E-state index is 13.7. The van der Waals surface area contributed by atoms with E-state index in [0.29, 0.717) is 30.0 Å². The molecule has 0 aromatic heterocycles. The molecular weight excluding hydrogens is 538 g/mol. The van der Waals surface area contributed by atoms with E-state index in [-0.39, 0.29) is 30.8 Å². The van der Waals surface area contributed by atoms with Crippen molar-refractivity contribution in [2.45, 2.75) is 44.6 Å². The van der Waals surface area contributed by atoms with Gasteiger partial charge in [0, 0.05) is 29.5 Å². The molecule has 41 heavy (non-hydrogen) atoms. The number of Topliss-reactive ketones (excluding diaryl/α,β-unsaturated/α-hetero) is 1. The lowest BCUT2D eigenvalue weighted by Gasteiger charge is -2.25. The molecule has 1 saturated heterocycles. The number of ether oxygens (including phenoxy) is 3. The zero-order valence-corrected chi connectivity index (χ0v) is 25.0. The molecule has 4 rings (SSSR count). The zero-order valence-electron chi connectivity index (χ0n) is 24.2. The van der Waals surface area contributed by atoms with Crippen LogP contribution in [0.15, 0.2) is 77.7 Å². The summed E-state index contributed by atoms with van der Waals surface area (Å²) in [5.41, 5.74) is 1.39. The molecule has 0 radical (unpaired) electrons. The highest BCUT2D eigenvalue weighted by atomic mass is 32.2. The van der Waals surface area contributed by atoms with Gasteiger partial charge in [0.25, 0.3) is 0 Å². The van der Waals surface area contributed by atoms with Gasteiger partial charge in [-0.05, 0) is 87.7 Å². The molecule has 0 N–H and O–H groups in total. The smallest absolute Gasteiger partial charge is 0.415 e. The summed E-state index contributed by atoms with van der Waals surface area (Å²) >= 11 is 1.62. The van der Waals surface area contributed by atoms with Crippen LogP contribution in [-0.2, 0) is 16.0 Å². The Kier molecular flexibility index (Phi) is 9.76. The van der Waals surface area contributed by atoms with Crippen molar-refractivity contribution in [2.24, 2.45) is 11.8 Å². The Morgan fingerprint density at radius 2 is 1.68 bits per heavy atom. The van der Waals surface area contributed by atoms with Crippen LogP contribution in [0.5, 0.6) is 11.5 Å². The molecule has 0 saturated carbocycles. The Hall–Kier alpha value is -3.78. The zero-order chi connectivity index (χ0) is 29.6. The highest BCUT2D eigenvalue weighted by Crippen LogP contribution is 2.33. The lowest BCUT2D eigenvalue weighted by Crippen LogP contribution is -2.39. The molecule has 216 valence electrons. The first kappa shape index (κ1) is 30.2. The van der Waals surface area contributed by atoms with Gasteiger partial charge >= 0.3 is 12.1 Å². The quantitative estimate of drug-likeness (QED) is 0.153. The van der Waals surface area contributed by atoms with Crippen molar-refractivity contribution in [3.8, 4) is 11.5 Å². The lowest BCUT2D eigenvalue weighted by atomic mass is 9.84. The van der Waals surface area contributed by atoms with Crippen LogP contribution in [0.2, 0.25) is 0 Å². The number of aryl methyl sites for hydroxylation is 1. The minimum atomic E-state index is -1.13. The number of ketones is 1. The van der Waals surface area contributed by atoms with Crippen LogP contribution < -0.4 is 9.47 Å². The largest absolute Gasteiger partial charge is 0.476 e. The SMILES string of the molecule is CCOC(=O)C(C)(C)Oc1ccc(C[C@H]2CN(C(=O)Oc3ccccc3)CC2C(=O)c2ccc(SC)cc2)cc1C. The number of hydrogen-bond acceptors (Lipinski definition) is 7. The molecule has 8 heteroatoms. The van der Waals surface area contributed by atoms with Crippen molar-refractivity contribution < 1.29 is 28.6 Å². The van der Waals surface area contributed by atoms with E-state index < -0.39 is 17.7 Å². The number of likely N-dealkylation sites (tertiary alicyclic amines) is 1. The average Bonchev–Trinajstić information content (AvgIpc) is 3.38. The van der Waals surface area contributed by atoms with Gasteiger partial charge in [0.15, 0.2) is 11.4 Å². The molecule has 1 heterocycles. The first-order valence-electron chi connectivity index (χ1n) is 13.8. The fourth-order valence-corrected chi connectivity index (χ4v) is 5.43. The number of carbonyl (C=O) groups is 3. The number of amides is 1. The van der Waals surface area contributed by atoms with Gasteiger partial charge in [0.1, 0.15) is 11.5 Å². The van der Waals surface area contributed by atoms with Crippen molar-refractivity contribution in [1.82, 2.24) is 4.90 Å². The Bertz CT molecular complexity index is 1370. The van der Waals surface area contributed by atoms with Crippen molar-refractivity contribution in [3.05, 3.63) is 89.5 Å². The van der Waals surface area contributed by atoms with Gasteiger partial charge in [-0.3, -0.25) is 4.79 Å². The van der Waals surface area contributed by atoms with E-state index >= 15 is 0 Å². The van der Waals surface area contributed by atoms with E-state index in [1.807, 2.05) is 73.8 Å². The molecule has 0 spiro atoms. The summed E-state index contributed by atoms with van der Waals surface area (Å²) in [5, 5.41) is 0. The number of rotatable bonds is 10. The maximum absolute atomic E-state index is 13.7. The summed E-state index contributed by atoms with van der Waals surface area (Å²) in [7, 11) is 0. The third-order valence-electron chi connectivity index (χ3n) is 7.23. The van der Waals surface area contributed by atoms with Crippen LogP contribution in [0.4, 0.5) is 4.79 Å². The molecular formula is C33H37NO6S. The van der Waals surface area contributed by atoms with Crippen LogP contribution in [0.1, 0.15) is 42.3 Å². The van der Waals surface area contributed by atoms with Gasteiger partial charge in [0.05, 0.1) is 6.61 Å². The van der Waals surface area contributed by atoms with Crippen LogP contribution in [0.3, 0.4) is 0 Å². The predicted molar refractivity (Wildman–Crippen MR) is 160 cm³/mol. The molecule has 7 nitrogen and oxygen atoms in total. The number of para-hydroxylation sites is 1. The lowest BCUT2D eigenvalue weighted by molar-refractivity contribution is -0.158. The standard InChI is InChI=1S/C33H37NO6S/c1-6-38-31(36)33(3,4)40-29-17-12-23(18-22(29)2)19-25-20-34(32(37)39-26-10-8-7-9-11-26)21-28(25)30(35)24-13-15-27(41-5)16-14-24/h7-18,25,28H,6,19-21H2,1-5H3/t25-,28?/m0/s1. The second-order valence-corrected chi connectivity index (χ2v) is 11.6. The molecule has 1 aliphatic rings. The van der Waals surface area contributed by atoms with Crippen LogP contribution >= 0.6 is 11.8 Å². The van der Waals surface area contributed by atoms with Gasteiger partial charge in [-0.15, -0.1) is 11.8 Å². The van der Waals surface area contributed by atoms with Crippen molar-refractivity contribution in [2.75, 3.05) is 26.0 Å². The summed E-state index contributed by atoms with van der Waals surface area (Å²) in [6, 6.07) is 22.4. The minimum Gasteiger partial charge on any atom is -0.476 e. The highest BCUT2D eigenvalue weighted by molar-refractivity contribution is 7.98. The Balaban J connectivity index is 1.54. The number of hydrogen-bond donors (Lipinski definition) is 0. The maximum Gasteiger partial charge on any atom is 0.415 e. The monoisotopic (exact) mass is 575 g/mol. The number of thioether (sulfide) groups is 1. The van der Waals surface area contributed by atoms with Gasteiger partial charge in [-0.1, -0.05) is 42.5 Å². The van der Waals surface area contributed by atoms with E-state index in [1.165, 1.54) is 0 Å². The summed E-state index contributed by atoms with van der Waals surface area (Å²) in [6.45, 7) is 8.02. The van der Waals surface area contributed by atoms with Crippen molar-refractivity contribution >= 4 is 29.6 Å². The molecule has 1 fully saturated rings. The van der Waals surface area contributed by atoms with E-state index in [9.17, 15) is 14.4 Å². The topological polar surface area (TPSA) is 82.1 Å². The number of benzene rings is 3. The van der Waals surface area contributed by atoms with Gasteiger partial charge < -0.3 is 19.1 Å². The number of esters is 1. The first-order chi connectivity index (χ1) is 19.6. The third-order valence-corrected chi connectivity index (χ3v) is 7.97. The molecule has 0 aliphatic carbocycles. The molecule has 3 aromatic rings. The van der Waals surface area contributed by atoms with Crippen LogP contribution in [-0.4, -0.2) is 54.3 Å². The van der Waals surface area contributed by atoms with Gasteiger partial charge in [0.2, 0.25) is 0 Å². The number of nitrogens with zero attached hydrogens (tertiary/aromatic N) is 1. The predicted octanol–water partition coefficient (Wildman–Crippen LogP) is 6.61. The average molecular weight is 576 g/mol. The minimum absolute atomic E-state index is 0.0190. The second-order valence-electron chi connectivity index (χ2n) is 10.7. The molecule has 3 aromatic carbocycles.